The molecule has 1 aliphatic rings. The molecule has 1 amide bonds. The zero-order valence-corrected chi connectivity index (χ0v) is 13.3. The molecule has 1 saturated heterocycles. The summed E-state index contributed by atoms with van der Waals surface area (Å²) in [7, 11) is 0. The van der Waals surface area contributed by atoms with Crippen LogP contribution < -0.4 is 11.1 Å². The summed E-state index contributed by atoms with van der Waals surface area (Å²) >= 11 is 0. The quantitative estimate of drug-likeness (QED) is 0.890. The van der Waals surface area contributed by atoms with E-state index in [-0.39, 0.29) is 42.6 Å². The third-order valence-electron chi connectivity index (χ3n) is 3.82. The maximum atomic E-state index is 13.1. The summed E-state index contributed by atoms with van der Waals surface area (Å²) < 4.78 is 25.9. The van der Waals surface area contributed by atoms with Gasteiger partial charge < -0.3 is 11.1 Å². The second kappa shape index (κ2) is 8.41. The first kappa shape index (κ1) is 18.8. The van der Waals surface area contributed by atoms with Crippen LogP contribution in [-0.2, 0) is 4.79 Å². The fraction of sp³-hybridized carbons (Fsp3) is 0.533. The average molecular weight is 334 g/mol. The van der Waals surface area contributed by atoms with Gasteiger partial charge in [-0.05, 0) is 38.4 Å². The number of benzene rings is 1. The molecule has 0 saturated carbocycles. The van der Waals surface area contributed by atoms with Gasteiger partial charge in [0.15, 0.2) is 11.6 Å². The zero-order chi connectivity index (χ0) is 15.4. The van der Waals surface area contributed by atoms with Crippen molar-refractivity contribution in [1.82, 2.24) is 4.90 Å². The van der Waals surface area contributed by atoms with Crippen LogP contribution in [-0.4, -0.2) is 36.0 Å². The van der Waals surface area contributed by atoms with Gasteiger partial charge in [0.1, 0.15) is 0 Å². The molecule has 124 valence electrons. The molecule has 0 aliphatic carbocycles. The van der Waals surface area contributed by atoms with Gasteiger partial charge in [-0.15, -0.1) is 12.4 Å². The number of nitrogens with one attached hydrogen (secondary N) is 1. The number of carbonyl (C=O) groups excluding carboxylic acids is 1. The van der Waals surface area contributed by atoms with Gasteiger partial charge in [0.05, 0.1) is 6.54 Å². The monoisotopic (exact) mass is 333 g/mol. The Morgan fingerprint density at radius 2 is 2.14 bits per heavy atom. The molecule has 0 radical (unpaired) electrons. The molecule has 2 unspecified atom stereocenters. The number of hydrogen-bond acceptors (Lipinski definition) is 3. The molecule has 0 bridgehead atoms. The predicted octanol–water partition coefficient (Wildman–Crippen LogP) is 2.53. The van der Waals surface area contributed by atoms with Crippen molar-refractivity contribution >= 4 is 24.0 Å². The van der Waals surface area contributed by atoms with E-state index in [0.29, 0.717) is 0 Å². The lowest BCUT2D eigenvalue weighted by molar-refractivity contribution is -0.118. The molecule has 4 nitrogen and oxygen atoms in total. The number of nitrogens with zero attached hydrogens (tertiary/aromatic N) is 1. The largest absolute Gasteiger partial charge is 0.327 e. The molecule has 2 atom stereocenters. The molecule has 2 rings (SSSR count). The summed E-state index contributed by atoms with van der Waals surface area (Å²) in [6.45, 7) is 2.98. The van der Waals surface area contributed by atoms with Crippen LogP contribution in [0.25, 0.3) is 0 Å². The van der Waals surface area contributed by atoms with Crippen LogP contribution in [0.5, 0.6) is 0 Å². The zero-order valence-electron chi connectivity index (χ0n) is 12.5. The van der Waals surface area contributed by atoms with Gasteiger partial charge >= 0.3 is 0 Å². The van der Waals surface area contributed by atoms with Crippen molar-refractivity contribution in [3.63, 3.8) is 0 Å². The van der Waals surface area contributed by atoms with Gasteiger partial charge in [0.2, 0.25) is 5.91 Å². The van der Waals surface area contributed by atoms with E-state index >= 15 is 0 Å². The standard InChI is InChI=1S/C15H21F2N3O.ClH/c1-10(18)14-4-2-3-7-20(14)9-15(21)19-11-5-6-12(16)13(17)8-11;/h5-6,8,10,14H,2-4,7,9,18H2,1H3,(H,19,21);1H. The lowest BCUT2D eigenvalue weighted by Gasteiger charge is -2.37. The second-order valence-electron chi connectivity index (χ2n) is 5.57. The van der Waals surface area contributed by atoms with Crippen molar-refractivity contribution in [3.8, 4) is 0 Å². The van der Waals surface area contributed by atoms with Crippen LogP contribution in [0.2, 0.25) is 0 Å². The van der Waals surface area contributed by atoms with Crippen molar-refractivity contribution in [1.29, 1.82) is 0 Å². The van der Waals surface area contributed by atoms with Crippen LogP contribution >= 0.6 is 12.4 Å². The smallest absolute Gasteiger partial charge is 0.238 e. The van der Waals surface area contributed by atoms with Crippen molar-refractivity contribution in [2.75, 3.05) is 18.4 Å². The Hall–Kier alpha value is -1.24. The van der Waals surface area contributed by atoms with E-state index < -0.39 is 11.6 Å². The fourth-order valence-electron chi connectivity index (χ4n) is 2.77. The molecule has 1 aromatic rings. The van der Waals surface area contributed by atoms with Gasteiger partial charge in [-0.3, -0.25) is 9.69 Å². The number of amides is 1. The number of halogens is 3. The van der Waals surface area contributed by atoms with Crippen LogP contribution in [0.4, 0.5) is 14.5 Å². The highest BCUT2D eigenvalue weighted by Gasteiger charge is 2.26. The number of carbonyl (C=O) groups is 1. The number of rotatable bonds is 4. The van der Waals surface area contributed by atoms with E-state index in [1.165, 1.54) is 6.07 Å². The molecule has 1 aromatic carbocycles. The Bertz CT molecular complexity index is 514. The highest BCUT2D eigenvalue weighted by atomic mass is 35.5. The summed E-state index contributed by atoms with van der Waals surface area (Å²) in [6.07, 6.45) is 3.14. The third-order valence-corrected chi connectivity index (χ3v) is 3.82. The van der Waals surface area contributed by atoms with Crippen molar-refractivity contribution in [2.24, 2.45) is 5.73 Å². The highest BCUT2D eigenvalue weighted by Crippen LogP contribution is 2.19. The summed E-state index contributed by atoms with van der Waals surface area (Å²) in [5.41, 5.74) is 6.22. The fourth-order valence-corrected chi connectivity index (χ4v) is 2.77. The lowest BCUT2D eigenvalue weighted by Crippen LogP contribution is -2.51. The maximum absolute atomic E-state index is 13.1. The highest BCUT2D eigenvalue weighted by molar-refractivity contribution is 5.92. The molecule has 1 heterocycles. The first-order chi connectivity index (χ1) is 9.97. The molecule has 7 heteroatoms. The van der Waals surface area contributed by atoms with Gasteiger partial charge in [0, 0.05) is 23.8 Å². The molecule has 0 spiro atoms. The molecule has 22 heavy (non-hydrogen) atoms. The Balaban J connectivity index is 0.00000242. The van der Waals surface area contributed by atoms with Crippen molar-refractivity contribution in [3.05, 3.63) is 29.8 Å². The minimum atomic E-state index is -0.973. The van der Waals surface area contributed by atoms with Crippen LogP contribution in [0.3, 0.4) is 0 Å². The van der Waals surface area contributed by atoms with Crippen LogP contribution in [0.15, 0.2) is 18.2 Å². The first-order valence-corrected chi connectivity index (χ1v) is 7.22. The normalized spacial score (nSPS) is 20.1. The predicted molar refractivity (Wildman–Crippen MR) is 85.1 cm³/mol. The number of anilines is 1. The molecule has 0 aromatic heterocycles. The number of piperidine rings is 1. The molecule has 3 N–H and O–H groups in total. The number of hydrogen-bond donors (Lipinski definition) is 2. The van der Waals surface area contributed by atoms with E-state index in [0.717, 1.165) is 37.9 Å². The topological polar surface area (TPSA) is 58.4 Å². The van der Waals surface area contributed by atoms with Crippen LogP contribution in [0, 0.1) is 11.6 Å². The van der Waals surface area contributed by atoms with Gasteiger partial charge in [-0.2, -0.15) is 0 Å². The maximum Gasteiger partial charge on any atom is 0.238 e. The Labute approximate surface area is 135 Å². The summed E-state index contributed by atoms with van der Waals surface area (Å²) in [5, 5.41) is 2.59. The van der Waals surface area contributed by atoms with Gasteiger partial charge in [0.25, 0.3) is 0 Å². The molecular formula is C15H22ClF2N3O. The SMILES string of the molecule is CC(N)C1CCCCN1CC(=O)Nc1ccc(F)c(F)c1.Cl. The summed E-state index contributed by atoms with van der Waals surface area (Å²) in [4.78, 5) is 14.1. The van der Waals surface area contributed by atoms with Crippen molar-refractivity contribution in [2.45, 2.75) is 38.3 Å². The van der Waals surface area contributed by atoms with Crippen molar-refractivity contribution < 1.29 is 13.6 Å². The third kappa shape index (κ3) is 4.90. The summed E-state index contributed by atoms with van der Waals surface area (Å²) in [5.74, 6) is -2.14. The summed E-state index contributed by atoms with van der Waals surface area (Å²) in [6, 6.07) is 3.51. The van der Waals surface area contributed by atoms with Gasteiger partial charge in [-0.25, -0.2) is 8.78 Å². The average Bonchev–Trinajstić information content (AvgIpc) is 2.43. The molecular weight excluding hydrogens is 312 g/mol. The Morgan fingerprint density at radius 3 is 2.77 bits per heavy atom. The van der Waals surface area contributed by atoms with E-state index in [1.807, 2.05) is 6.92 Å². The molecule has 1 aliphatic heterocycles. The minimum Gasteiger partial charge on any atom is -0.327 e. The van der Waals surface area contributed by atoms with Gasteiger partial charge in [-0.1, -0.05) is 6.42 Å². The van der Waals surface area contributed by atoms with E-state index in [1.54, 1.807) is 0 Å². The van der Waals surface area contributed by atoms with E-state index in [9.17, 15) is 13.6 Å². The second-order valence-corrected chi connectivity index (χ2v) is 5.57. The Morgan fingerprint density at radius 1 is 1.41 bits per heavy atom. The molecule has 1 fully saturated rings. The minimum absolute atomic E-state index is 0. The van der Waals surface area contributed by atoms with E-state index in [2.05, 4.69) is 10.2 Å². The van der Waals surface area contributed by atoms with E-state index in [4.69, 9.17) is 5.73 Å². The van der Waals surface area contributed by atoms with Crippen LogP contribution in [0.1, 0.15) is 26.2 Å². The Kier molecular flexibility index (Phi) is 7.19. The number of nitrogens with two attached hydrogens (primary N) is 1. The first-order valence-electron chi connectivity index (χ1n) is 7.22. The number of likely N-dealkylation sites (tertiary alicyclic amines) is 1. The lowest BCUT2D eigenvalue weighted by atomic mass is 9.97.